The van der Waals surface area contributed by atoms with E-state index in [-0.39, 0.29) is 11.9 Å². The Kier molecular flexibility index (Phi) is 4.67. The Labute approximate surface area is 139 Å². The lowest BCUT2D eigenvalue weighted by Crippen LogP contribution is -2.24. The van der Waals surface area contributed by atoms with E-state index in [0.29, 0.717) is 23.2 Å². The van der Waals surface area contributed by atoms with Crippen molar-refractivity contribution in [3.63, 3.8) is 0 Å². The van der Waals surface area contributed by atoms with Gasteiger partial charge in [-0.05, 0) is 36.8 Å². The fraction of sp³-hybridized carbons (Fsp3) is 0.294. The second-order valence-corrected chi connectivity index (χ2v) is 5.78. The van der Waals surface area contributed by atoms with Gasteiger partial charge in [0.15, 0.2) is 0 Å². The lowest BCUT2D eigenvalue weighted by molar-refractivity contribution is -0.144. The van der Waals surface area contributed by atoms with Crippen LogP contribution in [-0.2, 0) is 9.53 Å². The van der Waals surface area contributed by atoms with Crippen molar-refractivity contribution in [1.29, 1.82) is 0 Å². The maximum Gasteiger partial charge on any atom is 0.310 e. The molecule has 0 spiro atoms. The molecule has 6 heteroatoms. The Bertz CT molecular complexity index is 690. The first-order chi connectivity index (χ1) is 11.2. The molecule has 1 aliphatic rings. The topological polar surface area (TPSA) is 51.7 Å². The zero-order valence-electron chi connectivity index (χ0n) is 12.7. The maximum atomic E-state index is 11.6. The number of esters is 1. The van der Waals surface area contributed by atoms with Crippen LogP contribution in [0.25, 0.3) is 0 Å². The van der Waals surface area contributed by atoms with Crippen LogP contribution >= 0.6 is 11.6 Å². The summed E-state index contributed by atoms with van der Waals surface area (Å²) in [4.78, 5) is 18.2. The van der Waals surface area contributed by atoms with Gasteiger partial charge in [0, 0.05) is 24.2 Å². The summed E-state index contributed by atoms with van der Waals surface area (Å²) < 4.78 is 10.6. The molecule has 0 N–H and O–H groups in total. The number of carbonyl (C=O) groups is 1. The quantitative estimate of drug-likeness (QED) is 0.802. The summed E-state index contributed by atoms with van der Waals surface area (Å²) in [5.74, 6) is 1.71. The van der Waals surface area contributed by atoms with Crippen molar-refractivity contribution in [2.75, 3.05) is 25.1 Å². The summed E-state index contributed by atoms with van der Waals surface area (Å²) in [6.45, 7) is 1.39. The number of rotatable bonds is 4. The highest BCUT2D eigenvalue weighted by atomic mass is 35.5. The van der Waals surface area contributed by atoms with Gasteiger partial charge in [0.2, 0.25) is 5.88 Å². The molecule has 0 bridgehead atoms. The van der Waals surface area contributed by atoms with Crippen LogP contribution in [0.4, 0.5) is 5.82 Å². The van der Waals surface area contributed by atoms with Gasteiger partial charge in [0.25, 0.3) is 0 Å². The van der Waals surface area contributed by atoms with Crippen LogP contribution in [0.15, 0.2) is 42.5 Å². The fourth-order valence-electron chi connectivity index (χ4n) is 2.59. The number of hydrogen-bond acceptors (Lipinski definition) is 5. The minimum atomic E-state index is -0.166. The molecule has 1 unspecified atom stereocenters. The largest absolute Gasteiger partial charge is 0.469 e. The van der Waals surface area contributed by atoms with Crippen molar-refractivity contribution in [3.8, 4) is 11.6 Å². The highest BCUT2D eigenvalue weighted by Gasteiger charge is 2.29. The molecule has 2 heterocycles. The number of pyridine rings is 1. The van der Waals surface area contributed by atoms with Crippen molar-refractivity contribution in [3.05, 3.63) is 47.5 Å². The van der Waals surface area contributed by atoms with Crippen molar-refractivity contribution in [2.45, 2.75) is 6.42 Å². The summed E-state index contributed by atoms with van der Waals surface area (Å²) in [7, 11) is 1.42. The summed E-state index contributed by atoms with van der Waals surface area (Å²) in [6, 6.07) is 12.7. The van der Waals surface area contributed by atoms with Crippen LogP contribution in [0.2, 0.25) is 5.02 Å². The van der Waals surface area contributed by atoms with E-state index in [2.05, 4.69) is 9.88 Å². The van der Waals surface area contributed by atoms with E-state index in [1.807, 2.05) is 12.1 Å². The average Bonchev–Trinajstić information content (AvgIpc) is 3.07. The van der Waals surface area contributed by atoms with Crippen LogP contribution in [0.1, 0.15) is 6.42 Å². The van der Waals surface area contributed by atoms with Crippen molar-refractivity contribution in [2.24, 2.45) is 5.92 Å². The molecule has 1 atom stereocenters. The first kappa shape index (κ1) is 15.6. The first-order valence-corrected chi connectivity index (χ1v) is 7.77. The third-order valence-corrected chi connectivity index (χ3v) is 4.04. The smallest absolute Gasteiger partial charge is 0.310 e. The summed E-state index contributed by atoms with van der Waals surface area (Å²) >= 11 is 5.86. The van der Waals surface area contributed by atoms with Crippen LogP contribution in [0.5, 0.6) is 11.6 Å². The van der Waals surface area contributed by atoms with Gasteiger partial charge < -0.3 is 14.4 Å². The third-order valence-electron chi connectivity index (χ3n) is 3.79. The number of benzene rings is 1. The first-order valence-electron chi connectivity index (χ1n) is 7.39. The van der Waals surface area contributed by atoms with E-state index in [1.165, 1.54) is 7.11 Å². The standard InChI is InChI=1S/C17H17ClN2O3/c1-22-17(21)12-9-10-20(11-12)15-3-2-4-16(19-15)23-14-7-5-13(18)6-8-14/h2-8,12H,9-11H2,1H3. The Hall–Kier alpha value is -2.27. The monoisotopic (exact) mass is 332 g/mol. The number of carbonyl (C=O) groups excluding carboxylic acids is 1. The molecule has 0 aliphatic carbocycles. The number of halogens is 1. The van der Waals surface area contributed by atoms with E-state index in [0.717, 1.165) is 18.8 Å². The lowest BCUT2D eigenvalue weighted by Gasteiger charge is -2.17. The van der Waals surface area contributed by atoms with Crippen LogP contribution < -0.4 is 9.64 Å². The van der Waals surface area contributed by atoms with Gasteiger partial charge in [-0.2, -0.15) is 4.98 Å². The SMILES string of the molecule is COC(=O)C1CCN(c2cccc(Oc3ccc(Cl)cc3)n2)C1. The zero-order chi connectivity index (χ0) is 16.2. The lowest BCUT2D eigenvalue weighted by atomic mass is 10.1. The van der Waals surface area contributed by atoms with Crippen LogP contribution in [0, 0.1) is 5.92 Å². The van der Waals surface area contributed by atoms with Crippen molar-refractivity contribution >= 4 is 23.4 Å². The van der Waals surface area contributed by atoms with E-state index in [9.17, 15) is 4.79 Å². The Morgan fingerprint density at radius 1 is 1.26 bits per heavy atom. The minimum absolute atomic E-state index is 0.0948. The average molecular weight is 333 g/mol. The van der Waals surface area contributed by atoms with Gasteiger partial charge in [-0.3, -0.25) is 4.79 Å². The van der Waals surface area contributed by atoms with Crippen LogP contribution in [0.3, 0.4) is 0 Å². The number of anilines is 1. The highest BCUT2D eigenvalue weighted by Crippen LogP contribution is 2.27. The fourth-order valence-corrected chi connectivity index (χ4v) is 2.71. The molecule has 2 aromatic rings. The molecule has 1 aromatic carbocycles. The molecular weight excluding hydrogens is 316 g/mol. The Morgan fingerprint density at radius 3 is 2.78 bits per heavy atom. The summed E-state index contributed by atoms with van der Waals surface area (Å²) in [5, 5.41) is 0.657. The van der Waals surface area contributed by atoms with Gasteiger partial charge in [-0.1, -0.05) is 17.7 Å². The maximum absolute atomic E-state index is 11.6. The Morgan fingerprint density at radius 2 is 2.04 bits per heavy atom. The minimum Gasteiger partial charge on any atom is -0.469 e. The Balaban J connectivity index is 1.70. The third kappa shape index (κ3) is 3.74. The molecule has 120 valence electrons. The number of hydrogen-bond donors (Lipinski definition) is 0. The normalized spacial score (nSPS) is 17.1. The molecule has 23 heavy (non-hydrogen) atoms. The number of ether oxygens (including phenoxy) is 2. The molecular formula is C17H17ClN2O3. The molecule has 1 aliphatic heterocycles. The molecule has 0 radical (unpaired) electrons. The second kappa shape index (κ2) is 6.87. The van der Waals surface area contributed by atoms with Gasteiger partial charge in [0.1, 0.15) is 11.6 Å². The summed E-state index contributed by atoms with van der Waals surface area (Å²) in [6.07, 6.45) is 0.774. The molecule has 1 saturated heterocycles. The van der Waals surface area contributed by atoms with Gasteiger partial charge >= 0.3 is 5.97 Å². The second-order valence-electron chi connectivity index (χ2n) is 5.34. The predicted molar refractivity (Wildman–Crippen MR) is 88.1 cm³/mol. The molecule has 1 fully saturated rings. The zero-order valence-corrected chi connectivity index (χ0v) is 13.5. The van der Waals surface area contributed by atoms with Gasteiger partial charge in [0.05, 0.1) is 13.0 Å². The molecule has 1 aromatic heterocycles. The molecule has 0 saturated carbocycles. The van der Waals surface area contributed by atoms with Crippen LogP contribution in [-0.4, -0.2) is 31.2 Å². The van der Waals surface area contributed by atoms with Crippen molar-refractivity contribution in [1.82, 2.24) is 4.98 Å². The van der Waals surface area contributed by atoms with E-state index < -0.39 is 0 Å². The summed E-state index contributed by atoms with van der Waals surface area (Å²) in [5.41, 5.74) is 0. The predicted octanol–water partition coefficient (Wildman–Crippen LogP) is 3.53. The number of nitrogens with zero attached hydrogens (tertiary/aromatic N) is 2. The van der Waals surface area contributed by atoms with Crippen molar-refractivity contribution < 1.29 is 14.3 Å². The van der Waals surface area contributed by atoms with E-state index in [4.69, 9.17) is 21.1 Å². The van der Waals surface area contributed by atoms with Gasteiger partial charge in [-0.15, -0.1) is 0 Å². The molecule has 3 rings (SSSR count). The number of aromatic nitrogens is 1. The highest BCUT2D eigenvalue weighted by molar-refractivity contribution is 6.30. The van der Waals surface area contributed by atoms with E-state index >= 15 is 0 Å². The number of methoxy groups -OCH3 is 1. The van der Waals surface area contributed by atoms with Gasteiger partial charge in [-0.25, -0.2) is 0 Å². The molecule has 5 nitrogen and oxygen atoms in total. The molecule has 0 amide bonds. The van der Waals surface area contributed by atoms with E-state index in [1.54, 1.807) is 30.3 Å².